The molecule has 3 aromatic rings. The standard InChI is InChI=1S/C16H11ClO/c17-13-8-4-7-12-9-10-14(18)16(15(12)13)11-5-2-1-3-6-11/h1-10,18H. The number of benzene rings is 3. The maximum absolute atomic E-state index is 10.1. The molecular formula is C16H11ClO. The van der Waals surface area contributed by atoms with Crippen LogP contribution in [0.4, 0.5) is 0 Å². The van der Waals surface area contributed by atoms with E-state index in [1.165, 1.54) is 0 Å². The normalized spacial score (nSPS) is 10.7. The van der Waals surface area contributed by atoms with Gasteiger partial charge in [-0.05, 0) is 23.1 Å². The lowest BCUT2D eigenvalue weighted by Crippen LogP contribution is -1.83. The van der Waals surface area contributed by atoms with Crippen molar-refractivity contribution in [3.05, 3.63) is 65.7 Å². The van der Waals surface area contributed by atoms with E-state index >= 15 is 0 Å². The first kappa shape index (κ1) is 11.1. The molecule has 0 saturated heterocycles. The zero-order chi connectivity index (χ0) is 12.5. The molecule has 0 aromatic heterocycles. The van der Waals surface area contributed by atoms with Crippen molar-refractivity contribution in [1.82, 2.24) is 0 Å². The summed E-state index contributed by atoms with van der Waals surface area (Å²) in [7, 11) is 0. The van der Waals surface area contributed by atoms with Crippen molar-refractivity contribution in [3.63, 3.8) is 0 Å². The topological polar surface area (TPSA) is 20.2 Å². The molecule has 0 aliphatic heterocycles. The smallest absolute Gasteiger partial charge is 0.124 e. The summed E-state index contributed by atoms with van der Waals surface area (Å²) < 4.78 is 0. The van der Waals surface area contributed by atoms with Gasteiger partial charge < -0.3 is 5.11 Å². The Morgan fingerprint density at radius 3 is 2.33 bits per heavy atom. The van der Waals surface area contributed by atoms with Crippen LogP contribution in [0.5, 0.6) is 5.75 Å². The third-order valence-electron chi connectivity index (χ3n) is 3.04. The number of halogens is 1. The molecule has 3 rings (SSSR count). The minimum absolute atomic E-state index is 0.252. The quantitative estimate of drug-likeness (QED) is 0.657. The average Bonchev–Trinajstić information content (AvgIpc) is 2.40. The fourth-order valence-electron chi connectivity index (χ4n) is 2.22. The van der Waals surface area contributed by atoms with Crippen LogP contribution in [0.3, 0.4) is 0 Å². The van der Waals surface area contributed by atoms with E-state index in [-0.39, 0.29) is 5.75 Å². The lowest BCUT2D eigenvalue weighted by atomic mass is 9.97. The van der Waals surface area contributed by atoms with Gasteiger partial charge in [0.1, 0.15) is 5.75 Å². The van der Waals surface area contributed by atoms with Crippen molar-refractivity contribution in [2.45, 2.75) is 0 Å². The van der Waals surface area contributed by atoms with E-state index in [1.807, 2.05) is 54.6 Å². The van der Waals surface area contributed by atoms with Gasteiger partial charge in [-0.3, -0.25) is 0 Å². The molecule has 0 spiro atoms. The number of fused-ring (bicyclic) bond motifs is 1. The molecule has 1 N–H and O–H groups in total. The fraction of sp³-hybridized carbons (Fsp3) is 0. The number of aromatic hydroxyl groups is 1. The minimum atomic E-state index is 0.252. The second-order valence-corrected chi connectivity index (χ2v) is 4.57. The Kier molecular flexibility index (Phi) is 2.69. The van der Waals surface area contributed by atoms with Crippen molar-refractivity contribution >= 4 is 22.4 Å². The molecule has 0 saturated carbocycles. The highest BCUT2D eigenvalue weighted by atomic mass is 35.5. The molecule has 0 heterocycles. The van der Waals surface area contributed by atoms with E-state index in [0.29, 0.717) is 5.02 Å². The van der Waals surface area contributed by atoms with Gasteiger partial charge in [0.15, 0.2) is 0 Å². The number of phenols is 1. The van der Waals surface area contributed by atoms with E-state index in [1.54, 1.807) is 6.07 Å². The molecule has 0 amide bonds. The highest BCUT2D eigenvalue weighted by molar-refractivity contribution is 6.36. The van der Waals surface area contributed by atoms with E-state index < -0.39 is 0 Å². The van der Waals surface area contributed by atoms with Crippen molar-refractivity contribution in [2.75, 3.05) is 0 Å². The maximum Gasteiger partial charge on any atom is 0.124 e. The molecule has 0 radical (unpaired) electrons. The van der Waals surface area contributed by atoms with Gasteiger partial charge in [-0.15, -0.1) is 0 Å². The van der Waals surface area contributed by atoms with E-state index in [4.69, 9.17) is 11.6 Å². The SMILES string of the molecule is Oc1ccc2cccc(Cl)c2c1-c1ccccc1. The third kappa shape index (κ3) is 1.73. The predicted octanol–water partition coefficient (Wildman–Crippen LogP) is 4.87. The Labute approximate surface area is 110 Å². The molecule has 2 heteroatoms. The predicted molar refractivity (Wildman–Crippen MR) is 76.1 cm³/mol. The van der Waals surface area contributed by atoms with Crippen LogP contribution in [-0.2, 0) is 0 Å². The van der Waals surface area contributed by atoms with Crippen molar-refractivity contribution in [3.8, 4) is 16.9 Å². The Bertz CT molecular complexity index is 705. The van der Waals surface area contributed by atoms with Crippen molar-refractivity contribution in [2.24, 2.45) is 0 Å². The summed E-state index contributed by atoms with van der Waals surface area (Å²) in [6, 6.07) is 19.1. The third-order valence-corrected chi connectivity index (χ3v) is 3.35. The van der Waals surface area contributed by atoms with Crippen molar-refractivity contribution < 1.29 is 5.11 Å². The summed E-state index contributed by atoms with van der Waals surface area (Å²) in [6.07, 6.45) is 0. The number of phenolic OH excluding ortho intramolecular Hbond substituents is 1. The van der Waals surface area contributed by atoms with Crippen LogP contribution in [0.15, 0.2) is 60.7 Å². The first-order chi connectivity index (χ1) is 8.77. The van der Waals surface area contributed by atoms with Gasteiger partial charge in [0.25, 0.3) is 0 Å². The zero-order valence-electron chi connectivity index (χ0n) is 9.60. The van der Waals surface area contributed by atoms with Crippen molar-refractivity contribution in [1.29, 1.82) is 0 Å². The summed E-state index contributed by atoms with van der Waals surface area (Å²) in [5.74, 6) is 0.252. The second kappa shape index (κ2) is 4.35. The van der Waals surface area contributed by atoms with Gasteiger partial charge in [-0.1, -0.05) is 60.1 Å². The maximum atomic E-state index is 10.1. The van der Waals surface area contributed by atoms with Gasteiger partial charge >= 0.3 is 0 Å². The molecule has 0 atom stereocenters. The van der Waals surface area contributed by atoms with Gasteiger partial charge in [0.2, 0.25) is 0 Å². The van der Waals surface area contributed by atoms with E-state index in [9.17, 15) is 5.11 Å². The van der Waals surface area contributed by atoms with E-state index in [2.05, 4.69) is 0 Å². The van der Waals surface area contributed by atoms with Crippen LogP contribution < -0.4 is 0 Å². The minimum Gasteiger partial charge on any atom is -0.507 e. The Morgan fingerprint density at radius 2 is 1.56 bits per heavy atom. The van der Waals surface area contributed by atoms with Crippen LogP contribution in [0.25, 0.3) is 21.9 Å². The summed E-state index contributed by atoms with van der Waals surface area (Å²) >= 11 is 6.27. The van der Waals surface area contributed by atoms with Gasteiger partial charge in [-0.2, -0.15) is 0 Å². The zero-order valence-corrected chi connectivity index (χ0v) is 10.4. The summed E-state index contributed by atoms with van der Waals surface area (Å²) in [6.45, 7) is 0. The molecule has 3 aromatic carbocycles. The van der Waals surface area contributed by atoms with Crippen LogP contribution in [0.2, 0.25) is 5.02 Å². The monoisotopic (exact) mass is 254 g/mol. The molecule has 0 bridgehead atoms. The lowest BCUT2D eigenvalue weighted by molar-refractivity contribution is 0.478. The van der Waals surface area contributed by atoms with Crippen LogP contribution in [0, 0.1) is 0 Å². The first-order valence-electron chi connectivity index (χ1n) is 5.73. The highest BCUT2D eigenvalue weighted by Crippen LogP contribution is 2.39. The average molecular weight is 255 g/mol. The molecular weight excluding hydrogens is 244 g/mol. The number of rotatable bonds is 1. The highest BCUT2D eigenvalue weighted by Gasteiger charge is 2.11. The lowest BCUT2D eigenvalue weighted by Gasteiger charge is -2.10. The van der Waals surface area contributed by atoms with Crippen LogP contribution in [0.1, 0.15) is 0 Å². The fourth-order valence-corrected chi connectivity index (χ4v) is 2.50. The molecule has 0 unspecified atom stereocenters. The second-order valence-electron chi connectivity index (χ2n) is 4.16. The van der Waals surface area contributed by atoms with Crippen LogP contribution >= 0.6 is 11.6 Å². The molecule has 88 valence electrons. The first-order valence-corrected chi connectivity index (χ1v) is 6.11. The number of hydrogen-bond acceptors (Lipinski definition) is 1. The summed E-state index contributed by atoms with van der Waals surface area (Å²) in [4.78, 5) is 0. The summed E-state index contributed by atoms with van der Waals surface area (Å²) in [5, 5.41) is 12.7. The van der Waals surface area contributed by atoms with Gasteiger partial charge in [0.05, 0.1) is 0 Å². The molecule has 0 fully saturated rings. The Morgan fingerprint density at radius 1 is 0.778 bits per heavy atom. The van der Waals surface area contributed by atoms with E-state index in [0.717, 1.165) is 21.9 Å². The van der Waals surface area contributed by atoms with Crippen LogP contribution in [-0.4, -0.2) is 5.11 Å². The Hall–Kier alpha value is -1.99. The number of hydrogen-bond donors (Lipinski definition) is 1. The molecule has 1 nitrogen and oxygen atoms in total. The largest absolute Gasteiger partial charge is 0.507 e. The molecule has 0 aliphatic carbocycles. The Balaban J connectivity index is 2.44. The molecule has 18 heavy (non-hydrogen) atoms. The molecule has 0 aliphatic rings. The van der Waals surface area contributed by atoms with Gasteiger partial charge in [0, 0.05) is 16.0 Å². The summed E-state index contributed by atoms with van der Waals surface area (Å²) in [5.41, 5.74) is 1.76. The van der Waals surface area contributed by atoms with Gasteiger partial charge in [-0.25, -0.2) is 0 Å².